The normalized spacial score (nSPS) is 13.5. The van der Waals surface area contributed by atoms with Crippen LogP contribution in [0, 0.1) is 0 Å². The number of para-hydroxylation sites is 1. The molecule has 0 atom stereocenters. The van der Waals surface area contributed by atoms with Gasteiger partial charge in [0.15, 0.2) is 0 Å². The maximum Gasteiger partial charge on any atom is 0.258 e. The lowest BCUT2D eigenvalue weighted by molar-refractivity contribution is -0.121. The molecule has 140 valence electrons. The number of rotatable bonds is 6. The van der Waals surface area contributed by atoms with Gasteiger partial charge in [0, 0.05) is 32.0 Å². The third kappa shape index (κ3) is 4.07. The van der Waals surface area contributed by atoms with Crippen molar-refractivity contribution in [1.82, 2.24) is 24.8 Å². The van der Waals surface area contributed by atoms with Crippen molar-refractivity contribution in [2.75, 3.05) is 0 Å². The van der Waals surface area contributed by atoms with Crippen molar-refractivity contribution >= 4 is 16.8 Å². The fraction of sp³-hybridized carbons (Fsp3) is 0.400. The molecule has 0 saturated heterocycles. The monoisotopic (exact) mass is 365 g/mol. The number of aromatic amines is 1. The highest BCUT2D eigenvalue weighted by Crippen LogP contribution is 2.14. The maximum atomic E-state index is 12.1. The molecule has 3 aromatic rings. The molecule has 2 aromatic heterocycles. The Bertz CT molecular complexity index is 997. The van der Waals surface area contributed by atoms with Gasteiger partial charge in [0.25, 0.3) is 5.56 Å². The number of aryl methyl sites for hydroxylation is 3. The fourth-order valence-corrected chi connectivity index (χ4v) is 3.50. The van der Waals surface area contributed by atoms with Gasteiger partial charge in [-0.15, -0.1) is 0 Å². The van der Waals surface area contributed by atoms with Gasteiger partial charge in [-0.2, -0.15) is 0 Å². The van der Waals surface area contributed by atoms with Crippen LogP contribution < -0.4 is 10.9 Å². The zero-order valence-corrected chi connectivity index (χ0v) is 15.2. The first-order chi connectivity index (χ1) is 13.2. The summed E-state index contributed by atoms with van der Waals surface area (Å²) >= 11 is 0. The maximum absolute atomic E-state index is 12.1. The molecule has 0 saturated carbocycles. The lowest BCUT2D eigenvalue weighted by Gasteiger charge is -2.11. The molecule has 1 aliphatic heterocycles. The Balaban J connectivity index is 1.27. The van der Waals surface area contributed by atoms with Gasteiger partial charge in [0.05, 0.1) is 23.1 Å². The van der Waals surface area contributed by atoms with E-state index in [-0.39, 0.29) is 11.5 Å². The highest BCUT2D eigenvalue weighted by molar-refractivity contribution is 5.77. The van der Waals surface area contributed by atoms with Crippen LogP contribution in [0.15, 0.2) is 35.3 Å². The van der Waals surface area contributed by atoms with E-state index in [0.29, 0.717) is 42.5 Å². The fourth-order valence-electron chi connectivity index (χ4n) is 3.50. The molecule has 4 rings (SSSR count). The van der Waals surface area contributed by atoms with Gasteiger partial charge in [-0.25, -0.2) is 9.97 Å². The molecule has 1 amide bonds. The van der Waals surface area contributed by atoms with Crippen molar-refractivity contribution in [3.05, 3.63) is 58.2 Å². The number of nitrogens with zero attached hydrogens (tertiary/aromatic N) is 3. The van der Waals surface area contributed by atoms with Gasteiger partial charge in [-0.05, 0) is 31.4 Å². The standard InChI is InChI=1S/C20H23N5O2/c26-19(21-12-14-13-25-11-4-3-9-18(25)22-14)10-5-8-17-23-16-7-2-1-6-15(16)20(27)24-17/h1-2,6-7,13H,3-5,8-12H2,(H,21,26)(H,23,24,27). The van der Waals surface area contributed by atoms with Crippen molar-refractivity contribution < 1.29 is 4.79 Å². The number of aromatic nitrogens is 4. The summed E-state index contributed by atoms with van der Waals surface area (Å²) in [4.78, 5) is 36.0. The van der Waals surface area contributed by atoms with E-state index in [4.69, 9.17) is 0 Å². The first kappa shape index (κ1) is 17.5. The first-order valence-corrected chi connectivity index (χ1v) is 9.48. The van der Waals surface area contributed by atoms with E-state index in [1.807, 2.05) is 24.4 Å². The van der Waals surface area contributed by atoms with Crippen LogP contribution >= 0.6 is 0 Å². The third-order valence-corrected chi connectivity index (χ3v) is 4.90. The Hall–Kier alpha value is -2.96. The molecular weight excluding hydrogens is 342 g/mol. The van der Waals surface area contributed by atoms with E-state index in [2.05, 4.69) is 24.8 Å². The number of hydrogen-bond acceptors (Lipinski definition) is 4. The number of carbonyl (C=O) groups is 1. The average Bonchev–Trinajstić information content (AvgIpc) is 3.09. The topological polar surface area (TPSA) is 92.7 Å². The molecule has 7 heteroatoms. The van der Waals surface area contributed by atoms with E-state index < -0.39 is 0 Å². The zero-order chi connectivity index (χ0) is 18.6. The summed E-state index contributed by atoms with van der Waals surface area (Å²) in [6.07, 6.45) is 7.03. The van der Waals surface area contributed by atoms with Crippen molar-refractivity contribution in [2.45, 2.75) is 51.6 Å². The number of amides is 1. The van der Waals surface area contributed by atoms with Crippen molar-refractivity contribution in [3.8, 4) is 0 Å². The van der Waals surface area contributed by atoms with Crippen LogP contribution in [-0.2, 0) is 30.7 Å². The minimum Gasteiger partial charge on any atom is -0.350 e. The summed E-state index contributed by atoms with van der Waals surface area (Å²) in [5.41, 5.74) is 1.47. The van der Waals surface area contributed by atoms with E-state index >= 15 is 0 Å². The molecule has 0 spiro atoms. The lowest BCUT2D eigenvalue weighted by Crippen LogP contribution is -2.23. The van der Waals surface area contributed by atoms with Gasteiger partial charge < -0.3 is 14.9 Å². The Kier molecular flexibility index (Phi) is 5.00. The summed E-state index contributed by atoms with van der Waals surface area (Å²) < 4.78 is 2.19. The molecular formula is C20H23N5O2. The van der Waals surface area contributed by atoms with Crippen LogP contribution in [0.5, 0.6) is 0 Å². The summed E-state index contributed by atoms with van der Waals surface area (Å²) in [5, 5.41) is 3.51. The van der Waals surface area contributed by atoms with Gasteiger partial charge in [-0.3, -0.25) is 9.59 Å². The Labute approximate surface area is 156 Å². The van der Waals surface area contributed by atoms with E-state index in [1.165, 1.54) is 12.8 Å². The van der Waals surface area contributed by atoms with Gasteiger partial charge in [-0.1, -0.05) is 12.1 Å². The highest BCUT2D eigenvalue weighted by Gasteiger charge is 2.12. The number of imidazole rings is 1. The van der Waals surface area contributed by atoms with E-state index in [9.17, 15) is 9.59 Å². The average molecular weight is 365 g/mol. The number of fused-ring (bicyclic) bond motifs is 2. The summed E-state index contributed by atoms with van der Waals surface area (Å²) in [5.74, 6) is 1.73. The van der Waals surface area contributed by atoms with Crippen LogP contribution in [0.25, 0.3) is 10.9 Å². The summed E-state index contributed by atoms with van der Waals surface area (Å²) in [6, 6.07) is 7.26. The van der Waals surface area contributed by atoms with Crippen LogP contribution in [0.2, 0.25) is 0 Å². The van der Waals surface area contributed by atoms with Gasteiger partial charge in [0.1, 0.15) is 11.6 Å². The predicted octanol–water partition coefficient (Wildman–Crippen LogP) is 2.09. The number of benzene rings is 1. The third-order valence-electron chi connectivity index (χ3n) is 4.90. The van der Waals surface area contributed by atoms with Gasteiger partial charge in [0.2, 0.25) is 5.91 Å². The summed E-state index contributed by atoms with van der Waals surface area (Å²) in [7, 11) is 0. The van der Waals surface area contributed by atoms with Crippen molar-refractivity contribution in [3.63, 3.8) is 0 Å². The first-order valence-electron chi connectivity index (χ1n) is 9.48. The second-order valence-corrected chi connectivity index (χ2v) is 6.96. The van der Waals surface area contributed by atoms with Crippen LogP contribution in [0.4, 0.5) is 0 Å². The number of carbonyl (C=O) groups excluding carboxylic acids is 1. The van der Waals surface area contributed by atoms with Crippen LogP contribution in [0.3, 0.4) is 0 Å². The van der Waals surface area contributed by atoms with Crippen molar-refractivity contribution in [2.24, 2.45) is 0 Å². The molecule has 27 heavy (non-hydrogen) atoms. The molecule has 0 bridgehead atoms. The number of nitrogens with one attached hydrogen (secondary N) is 2. The SMILES string of the molecule is O=C(CCCc1nc2ccccc2c(=O)[nH]1)NCc1cn2c(n1)CCCC2. The van der Waals surface area contributed by atoms with E-state index in [1.54, 1.807) is 6.07 Å². The minimum absolute atomic E-state index is 0.0101. The largest absolute Gasteiger partial charge is 0.350 e. The Morgan fingerprint density at radius 2 is 2.11 bits per heavy atom. The molecule has 0 unspecified atom stereocenters. The smallest absolute Gasteiger partial charge is 0.258 e. The quantitative estimate of drug-likeness (QED) is 0.700. The Morgan fingerprint density at radius 3 is 3.00 bits per heavy atom. The van der Waals surface area contributed by atoms with Gasteiger partial charge >= 0.3 is 0 Å². The Morgan fingerprint density at radius 1 is 1.22 bits per heavy atom. The van der Waals surface area contributed by atoms with Crippen molar-refractivity contribution in [1.29, 1.82) is 0 Å². The second kappa shape index (κ2) is 7.73. The van der Waals surface area contributed by atoms with Crippen LogP contribution in [-0.4, -0.2) is 25.4 Å². The molecule has 0 fully saturated rings. The number of hydrogen-bond donors (Lipinski definition) is 2. The number of H-pyrrole nitrogens is 1. The summed E-state index contributed by atoms with van der Waals surface area (Å²) in [6.45, 7) is 1.48. The van der Waals surface area contributed by atoms with Crippen LogP contribution in [0.1, 0.15) is 43.0 Å². The highest BCUT2D eigenvalue weighted by atomic mass is 16.1. The molecule has 1 aromatic carbocycles. The molecule has 1 aliphatic rings. The second-order valence-electron chi connectivity index (χ2n) is 6.96. The lowest BCUT2D eigenvalue weighted by atomic mass is 10.2. The zero-order valence-electron chi connectivity index (χ0n) is 15.2. The minimum atomic E-state index is -0.135. The molecule has 0 radical (unpaired) electrons. The molecule has 7 nitrogen and oxygen atoms in total. The predicted molar refractivity (Wildman–Crippen MR) is 102 cm³/mol. The van der Waals surface area contributed by atoms with E-state index in [0.717, 1.165) is 24.5 Å². The molecule has 2 N–H and O–H groups in total. The molecule has 0 aliphatic carbocycles. The molecule has 3 heterocycles.